The van der Waals surface area contributed by atoms with Gasteiger partial charge in [-0.25, -0.2) is 4.98 Å². The second kappa shape index (κ2) is 6.39. The standard InChI is InChI=1S/C15H16ClN3O/c1-3-17-13-8-7-11(9-18-13)15(20)19-14-10(2)5-4-6-12(14)16/h4-9H,3H2,1-2H3,(H,17,18)(H,19,20). The van der Waals surface area contributed by atoms with Crippen LogP contribution >= 0.6 is 11.6 Å². The van der Waals surface area contributed by atoms with Gasteiger partial charge in [0.05, 0.1) is 16.3 Å². The SMILES string of the molecule is CCNc1ccc(C(=O)Nc2c(C)cccc2Cl)cn1. The van der Waals surface area contributed by atoms with Crippen molar-refractivity contribution in [3.8, 4) is 0 Å². The zero-order chi connectivity index (χ0) is 14.5. The summed E-state index contributed by atoms with van der Waals surface area (Å²) in [6.45, 7) is 4.67. The van der Waals surface area contributed by atoms with Gasteiger partial charge in [0.15, 0.2) is 0 Å². The van der Waals surface area contributed by atoms with Gasteiger partial charge in [-0.3, -0.25) is 4.79 Å². The summed E-state index contributed by atoms with van der Waals surface area (Å²) in [5, 5.41) is 6.42. The van der Waals surface area contributed by atoms with Crippen LogP contribution in [0.1, 0.15) is 22.8 Å². The molecule has 0 spiro atoms. The Kier molecular flexibility index (Phi) is 4.58. The molecule has 2 aromatic rings. The third kappa shape index (κ3) is 3.27. The minimum absolute atomic E-state index is 0.225. The third-order valence-electron chi connectivity index (χ3n) is 2.84. The molecule has 2 N–H and O–H groups in total. The third-order valence-corrected chi connectivity index (χ3v) is 3.16. The lowest BCUT2D eigenvalue weighted by Crippen LogP contribution is -2.13. The molecule has 0 fully saturated rings. The number of hydrogen-bond acceptors (Lipinski definition) is 3. The summed E-state index contributed by atoms with van der Waals surface area (Å²) in [6.07, 6.45) is 1.54. The number of para-hydroxylation sites is 1. The van der Waals surface area contributed by atoms with Crippen LogP contribution in [0.2, 0.25) is 5.02 Å². The van der Waals surface area contributed by atoms with Crippen LogP contribution in [0.5, 0.6) is 0 Å². The monoisotopic (exact) mass is 289 g/mol. The maximum absolute atomic E-state index is 12.2. The van der Waals surface area contributed by atoms with E-state index < -0.39 is 0 Å². The maximum Gasteiger partial charge on any atom is 0.257 e. The Hall–Kier alpha value is -2.07. The summed E-state index contributed by atoms with van der Waals surface area (Å²) in [7, 11) is 0. The molecule has 0 bridgehead atoms. The van der Waals surface area contributed by atoms with Crippen LogP contribution in [0.4, 0.5) is 11.5 Å². The summed E-state index contributed by atoms with van der Waals surface area (Å²) in [5.41, 5.74) is 2.05. The average molecular weight is 290 g/mol. The zero-order valence-electron chi connectivity index (χ0n) is 11.4. The average Bonchev–Trinajstić information content (AvgIpc) is 2.44. The first-order chi connectivity index (χ1) is 9.61. The Bertz CT molecular complexity index is 591. The number of nitrogens with one attached hydrogen (secondary N) is 2. The summed E-state index contributed by atoms with van der Waals surface area (Å²) in [4.78, 5) is 16.3. The molecule has 1 amide bonds. The van der Waals surface area contributed by atoms with E-state index in [-0.39, 0.29) is 5.91 Å². The van der Waals surface area contributed by atoms with Gasteiger partial charge < -0.3 is 10.6 Å². The van der Waals surface area contributed by atoms with Crippen molar-refractivity contribution in [1.29, 1.82) is 0 Å². The fourth-order valence-electron chi connectivity index (χ4n) is 1.79. The first kappa shape index (κ1) is 14.3. The van der Waals surface area contributed by atoms with Crippen LogP contribution in [-0.4, -0.2) is 17.4 Å². The molecule has 0 saturated heterocycles. The summed E-state index contributed by atoms with van der Waals surface area (Å²) in [6, 6.07) is 9.00. The van der Waals surface area contributed by atoms with E-state index in [9.17, 15) is 4.79 Å². The molecule has 0 aliphatic carbocycles. The van der Waals surface area contributed by atoms with Crippen molar-refractivity contribution in [3.05, 3.63) is 52.7 Å². The van der Waals surface area contributed by atoms with Gasteiger partial charge in [-0.2, -0.15) is 0 Å². The molecule has 2 rings (SSSR count). The number of halogens is 1. The van der Waals surface area contributed by atoms with Crippen molar-refractivity contribution in [1.82, 2.24) is 4.98 Å². The van der Waals surface area contributed by atoms with Crippen LogP contribution < -0.4 is 10.6 Å². The van der Waals surface area contributed by atoms with Gasteiger partial charge in [0.2, 0.25) is 0 Å². The van der Waals surface area contributed by atoms with Gasteiger partial charge in [-0.1, -0.05) is 23.7 Å². The normalized spacial score (nSPS) is 10.2. The van der Waals surface area contributed by atoms with Crippen LogP contribution in [0.25, 0.3) is 0 Å². The molecule has 0 radical (unpaired) electrons. The second-order valence-electron chi connectivity index (χ2n) is 4.35. The molecule has 1 aromatic heterocycles. The Morgan fingerprint density at radius 2 is 2.10 bits per heavy atom. The summed E-state index contributed by atoms with van der Waals surface area (Å²) in [5.74, 6) is 0.523. The maximum atomic E-state index is 12.2. The van der Waals surface area contributed by atoms with Crippen LogP contribution in [0.3, 0.4) is 0 Å². The highest BCUT2D eigenvalue weighted by Crippen LogP contribution is 2.25. The predicted molar refractivity (Wildman–Crippen MR) is 82.5 cm³/mol. The van der Waals surface area contributed by atoms with Crippen molar-refractivity contribution < 1.29 is 4.79 Å². The van der Waals surface area contributed by atoms with E-state index in [4.69, 9.17) is 11.6 Å². The molecule has 104 valence electrons. The van der Waals surface area contributed by atoms with Crippen molar-refractivity contribution >= 4 is 29.0 Å². The number of pyridine rings is 1. The van der Waals surface area contributed by atoms with Crippen molar-refractivity contribution in [2.24, 2.45) is 0 Å². The number of aryl methyl sites for hydroxylation is 1. The number of aromatic nitrogens is 1. The Morgan fingerprint density at radius 1 is 1.30 bits per heavy atom. The van der Waals surface area contributed by atoms with Crippen LogP contribution in [0, 0.1) is 6.92 Å². The van der Waals surface area contributed by atoms with Crippen LogP contribution in [-0.2, 0) is 0 Å². The van der Waals surface area contributed by atoms with E-state index in [2.05, 4.69) is 15.6 Å². The van der Waals surface area contributed by atoms with E-state index in [1.165, 1.54) is 0 Å². The lowest BCUT2D eigenvalue weighted by molar-refractivity contribution is 0.102. The van der Waals surface area contributed by atoms with E-state index >= 15 is 0 Å². The molecule has 20 heavy (non-hydrogen) atoms. The highest BCUT2D eigenvalue weighted by Gasteiger charge is 2.10. The molecule has 4 nitrogen and oxygen atoms in total. The molecular formula is C15H16ClN3O. The lowest BCUT2D eigenvalue weighted by atomic mass is 10.2. The van der Waals surface area contributed by atoms with Gasteiger partial charge in [-0.15, -0.1) is 0 Å². The number of anilines is 2. The second-order valence-corrected chi connectivity index (χ2v) is 4.76. The largest absolute Gasteiger partial charge is 0.370 e. The summed E-state index contributed by atoms with van der Waals surface area (Å²) < 4.78 is 0. The van der Waals surface area contributed by atoms with Gasteiger partial charge >= 0.3 is 0 Å². The van der Waals surface area contributed by atoms with E-state index in [1.807, 2.05) is 26.0 Å². The number of rotatable bonds is 4. The molecule has 0 unspecified atom stereocenters. The first-order valence-electron chi connectivity index (χ1n) is 6.38. The predicted octanol–water partition coefficient (Wildman–Crippen LogP) is 3.73. The van der Waals surface area contributed by atoms with Gasteiger partial charge in [-0.05, 0) is 37.6 Å². The zero-order valence-corrected chi connectivity index (χ0v) is 12.2. The molecule has 0 aliphatic rings. The fraction of sp³-hybridized carbons (Fsp3) is 0.200. The molecule has 0 atom stereocenters. The van der Waals surface area contributed by atoms with Crippen molar-refractivity contribution in [3.63, 3.8) is 0 Å². The Labute approximate surface area is 123 Å². The van der Waals surface area contributed by atoms with Crippen LogP contribution in [0.15, 0.2) is 36.5 Å². The number of nitrogens with zero attached hydrogens (tertiary/aromatic N) is 1. The molecule has 1 heterocycles. The molecular weight excluding hydrogens is 274 g/mol. The fourth-order valence-corrected chi connectivity index (χ4v) is 2.06. The quantitative estimate of drug-likeness (QED) is 0.902. The number of amides is 1. The van der Waals surface area contributed by atoms with E-state index in [0.717, 1.165) is 17.9 Å². The molecule has 5 heteroatoms. The Balaban J connectivity index is 2.16. The number of benzene rings is 1. The van der Waals surface area contributed by atoms with Gasteiger partial charge in [0, 0.05) is 12.7 Å². The highest BCUT2D eigenvalue weighted by atomic mass is 35.5. The van der Waals surface area contributed by atoms with Gasteiger partial charge in [0.25, 0.3) is 5.91 Å². The Morgan fingerprint density at radius 3 is 2.70 bits per heavy atom. The molecule has 0 aliphatic heterocycles. The topological polar surface area (TPSA) is 54.0 Å². The molecule has 0 saturated carbocycles. The first-order valence-corrected chi connectivity index (χ1v) is 6.76. The minimum atomic E-state index is -0.225. The van der Waals surface area contributed by atoms with E-state index in [1.54, 1.807) is 24.4 Å². The summed E-state index contributed by atoms with van der Waals surface area (Å²) >= 11 is 6.09. The number of hydrogen-bond donors (Lipinski definition) is 2. The smallest absolute Gasteiger partial charge is 0.257 e. The number of carbonyl (C=O) groups excluding carboxylic acids is 1. The number of carbonyl (C=O) groups is 1. The molecule has 1 aromatic carbocycles. The lowest BCUT2D eigenvalue weighted by Gasteiger charge is -2.10. The van der Waals surface area contributed by atoms with Crippen molar-refractivity contribution in [2.45, 2.75) is 13.8 Å². The van der Waals surface area contributed by atoms with E-state index in [0.29, 0.717) is 16.3 Å². The van der Waals surface area contributed by atoms with Gasteiger partial charge in [0.1, 0.15) is 5.82 Å². The highest BCUT2D eigenvalue weighted by molar-refractivity contribution is 6.34. The van der Waals surface area contributed by atoms with Crippen molar-refractivity contribution in [2.75, 3.05) is 17.2 Å². The minimum Gasteiger partial charge on any atom is -0.370 e.